The first-order chi connectivity index (χ1) is 10.0. The number of aryl methyl sites for hydroxylation is 1. The molecule has 2 heterocycles. The third kappa shape index (κ3) is 3.23. The maximum absolute atomic E-state index is 12.3. The van der Waals surface area contributed by atoms with E-state index in [9.17, 15) is 9.90 Å². The second kappa shape index (κ2) is 5.95. The van der Waals surface area contributed by atoms with Crippen molar-refractivity contribution in [2.45, 2.75) is 50.8 Å². The predicted octanol–water partition coefficient (Wildman–Crippen LogP) is 2.57. The Hall–Kier alpha value is -1.10. The van der Waals surface area contributed by atoms with E-state index in [4.69, 9.17) is 11.6 Å². The molecule has 5 heteroatoms. The van der Waals surface area contributed by atoms with Crippen molar-refractivity contribution in [2.24, 2.45) is 0 Å². The van der Waals surface area contributed by atoms with Crippen LogP contribution >= 0.6 is 11.6 Å². The van der Waals surface area contributed by atoms with E-state index in [2.05, 4.69) is 10.2 Å². The zero-order valence-electron chi connectivity index (χ0n) is 12.2. The molecule has 1 amide bonds. The second-order valence-corrected chi connectivity index (χ2v) is 6.63. The summed E-state index contributed by atoms with van der Waals surface area (Å²) in [6.45, 7) is 2.35. The Morgan fingerprint density at radius 1 is 1.38 bits per heavy atom. The highest BCUT2D eigenvalue weighted by Gasteiger charge is 2.40. The van der Waals surface area contributed by atoms with Gasteiger partial charge in [-0.05, 0) is 50.3 Å². The Kier molecular flexibility index (Phi) is 4.20. The molecule has 4 nitrogen and oxygen atoms in total. The van der Waals surface area contributed by atoms with Crippen molar-refractivity contribution in [2.75, 3.05) is 11.9 Å². The number of piperidine rings is 1. The number of aliphatic hydroxyl groups excluding tert-OH is 1. The summed E-state index contributed by atoms with van der Waals surface area (Å²) >= 11 is 5.98. The van der Waals surface area contributed by atoms with Crippen LogP contribution < -0.4 is 5.32 Å². The summed E-state index contributed by atoms with van der Waals surface area (Å²) in [7, 11) is 0. The summed E-state index contributed by atoms with van der Waals surface area (Å²) in [5.74, 6) is -0.00587. The maximum atomic E-state index is 12.3. The van der Waals surface area contributed by atoms with Crippen LogP contribution in [0.25, 0.3) is 0 Å². The molecule has 0 spiro atoms. The first kappa shape index (κ1) is 14.8. The molecule has 0 saturated carbocycles. The number of anilines is 1. The summed E-state index contributed by atoms with van der Waals surface area (Å²) < 4.78 is 0. The first-order valence-electron chi connectivity index (χ1n) is 7.53. The van der Waals surface area contributed by atoms with Gasteiger partial charge in [0.05, 0.1) is 12.6 Å². The van der Waals surface area contributed by atoms with Crippen molar-refractivity contribution in [3.8, 4) is 0 Å². The number of rotatable bonds is 3. The lowest BCUT2D eigenvalue weighted by molar-refractivity contribution is -0.119. The van der Waals surface area contributed by atoms with Gasteiger partial charge in [-0.25, -0.2) is 0 Å². The number of halogens is 1. The summed E-state index contributed by atoms with van der Waals surface area (Å²) in [5.41, 5.74) is 1.78. The lowest BCUT2D eigenvalue weighted by atomic mass is 10.00. The summed E-state index contributed by atoms with van der Waals surface area (Å²) in [4.78, 5) is 14.5. The highest BCUT2D eigenvalue weighted by molar-refractivity contribution is 6.31. The minimum atomic E-state index is -0.197. The first-order valence-corrected chi connectivity index (χ1v) is 7.90. The second-order valence-electron chi connectivity index (χ2n) is 6.19. The quantitative estimate of drug-likeness (QED) is 0.902. The fourth-order valence-electron chi connectivity index (χ4n) is 3.59. The number of benzene rings is 1. The van der Waals surface area contributed by atoms with Crippen molar-refractivity contribution < 1.29 is 9.90 Å². The van der Waals surface area contributed by atoms with Gasteiger partial charge in [-0.15, -0.1) is 0 Å². The normalized spacial score (nSPS) is 28.6. The van der Waals surface area contributed by atoms with E-state index in [0.29, 0.717) is 23.7 Å². The van der Waals surface area contributed by atoms with Crippen LogP contribution in [-0.2, 0) is 4.79 Å². The van der Waals surface area contributed by atoms with Crippen molar-refractivity contribution in [1.82, 2.24) is 4.90 Å². The maximum Gasteiger partial charge on any atom is 0.238 e. The van der Waals surface area contributed by atoms with E-state index >= 15 is 0 Å². The molecular formula is C16H21ClN2O2. The smallest absolute Gasteiger partial charge is 0.238 e. The van der Waals surface area contributed by atoms with Crippen LogP contribution in [0.4, 0.5) is 5.69 Å². The Morgan fingerprint density at radius 2 is 2.05 bits per heavy atom. The van der Waals surface area contributed by atoms with Crippen molar-refractivity contribution in [3.63, 3.8) is 0 Å². The molecule has 2 unspecified atom stereocenters. The van der Waals surface area contributed by atoms with E-state index in [1.807, 2.05) is 19.1 Å². The lowest BCUT2D eigenvalue weighted by Crippen LogP contribution is -2.47. The van der Waals surface area contributed by atoms with E-state index < -0.39 is 0 Å². The van der Waals surface area contributed by atoms with Crippen molar-refractivity contribution in [3.05, 3.63) is 28.8 Å². The minimum Gasteiger partial charge on any atom is -0.393 e. The van der Waals surface area contributed by atoms with Crippen LogP contribution in [0, 0.1) is 6.92 Å². The minimum absolute atomic E-state index is 0.00587. The van der Waals surface area contributed by atoms with Crippen LogP contribution in [-0.4, -0.2) is 40.6 Å². The van der Waals surface area contributed by atoms with Crippen molar-refractivity contribution in [1.29, 1.82) is 0 Å². The predicted molar refractivity (Wildman–Crippen MR) is 83.6 cm³/mol. The average molecular weight is 309 g/mol. The standard InChI is InChI=1S/C16H21ClN2O2/c1-10-2-3-11(17)6-15(10)18-16(21)9-19-12-4-5-13(19)8-14(20)7-12/h2-3,6,12-14,20H,4-5,7-9H2,1H3,(H,18,21). The number of nitrogens with one attached hydrogen (secondary N) is 1. The van der Waals surface area contributed by atoms with Crippen LogP contribution in [0.2, 0.25) is 5.02 Å². The highest BCUT2D eigenvalue weighted by atomic mass is 35.5. The van der Waals surface area contributed by atoms with Gasteiger partial charge >= 0.3 is 0 Å². The molecule has 1 aromatic rings. The SMILES string of the molecule is Cc1ccc(Cl)cc1NC(=O)CN1C2CCC1CC(O)C2. The van der Waals surface area contributed by atoms with Gasteiger partial charge in [0.15, 0.2) is 0 Å². The Bertz CT molecular complexity index is 535. The molecular weight excluding hydrogens is 288 g/mol. The fraction of sp³-hybridized carbons (Fsp3) is 0.562. The molecule has 2 aliphatic heterocycles. The molecule has 0 aromatic heterocycles. The van der Waals surface area contributed by atoms with Crippen LogP contribution in [0.15, 0.2) is 18.2 Å². The third-order valence-corrected chi connectivity index (χ3v) is 4.89. The monoisotopic (exact) mass is 308 g/mol. The molecule has 2 atom stereocenters. The summed E-state index contributed by atoms with van der Waals surface area (Å²) in [6.07, 6.45) is 3.56. The molecule has 2 saturated heterocycles. The van der Waals surface area contributed by atoms with Crippen molar-refractivity contribution >= 4 is 23.2 Å². The van der Waals surface area contributed by atoms with E-state index in [1.54, 1.807) is 6.07 Å². The third-order valence-electron chi connectivity index (χ3n) is 4.66. The van der Waals surface area contributed by atoms with Gasteiger partial charge < -0.3 is 10.4 Å². The molecule has 2 bridgehead atoms. The van der Waals surface area contributed by atoms with E-state index in [1.165, 1.54) is 0 Å². The molecule has 21 heavy (non-hydrogen) atoms. The molecule has 0 aliphatic carbocycles. The van der Waals surface area contributed by atoms with E-state index in [0.717, 1.165) is 36.9 Å². The topological polar surface area (TPSA) is 52.6 Å². The molecule has 1 aromatic carbocycles. The largest absolute Gasteiger partial charge is 0.393 e. The number of carbonyl (C=O) groups is 1. The number of hydrogen-bond donors (Lipinski definition) is 2. The summed E-state index contributed by atoms with van der Waals surface area (Å²) in [6, 6.07) is 6.20. The Balaban J connectivity index is 1.63. The van der Waals surface area contributed by atoms with Crippen LogP contribution in [0.1, 0.15) is 31.2 Å². The zero-order chi connectivity index (χ0) is 15.0. The number of aliphatic hydroxyl groups is 1. The Labute approximate surface area is 130 Å². The molecule has 114 valence electrons. The van der Waals surface area contributed by atoms with E-state index in [-0.39, 0.29) is 12.0 Å². The summed E-state index contributed by atoms with van der Waals surface area (Å²) in [5, 5.41) is 13.4. The number of nitrogens with zero attached hydrogens (tertiary/aromatic N) is 1. The number of carbonyl (C=O) groups excluding carboxylic acids is 1. The molecule has 0 radical (unpaired) electrons. The highest BCUT2D eigenvalue weighted by Crippen LogP contribution is 2.35. The van der Waals surface area contributed by atoms with Gasteiger partial charge in [-0.3, -0.25) is 9.69 Å². The zero-order valence-corrected chi connectivity index (χ0v) is 12.9. The lowest BCUT2D eigenvalue weighted by Gasteiger charge is -2.36. The van der Waals surface area contributed by atoms with Crippen LogP contribution in [0.5, 0.6) is 0 Å². The van der Waals surface area contributed by atoms with Gasteiger partial charge in [0.2, 0.25) is 5.91 Å². The number of amides is 1. The fourth-order valence-corrected chi connectivity index (χ4v) is 3.76. The van der Waals surface area contributed by atoms with Gasteiger partial charge in [0, 0.05) is 22.8 Å². The van der Waals surface area contributed by atoms with Gasteiger partial charge in [-0.1, -0.05) is 17.7 Å². The van der Waals surface area contributed by atoms with Gasteiger partial charge in [-0.2, -0.15) is 0 Å². The van der Waals surface area contributed by atoms with Crippen LogP contribution in [0.3, 0.4) is 0 Å². The molecule has 3 rings (SSSR count). The Morgan fingerprint density at radius 3 is 2.71 bits per heavy atom. The number of fused-ring (bicyclic) bond motifs is 2. The average Bonchev–Trinajstić information content (AvgIpc) is 2.66. The number of hydrogen-bond acceptors (Lipinski definition) is 3. The van der Waals surface area contributed by atoms with Gasteiger partial charge in [0.1, 0.15) is 0 Å². The molecule has 2 aliphatic rings. The van der Waals surface area contributed by atoms with Gasteiger partial charge in [0.25, 0.3) is 0 Å². The molecule has 2 fully saturated rings. The molecule has 2 N–H and O–H groups in total.